The molecule has 170 valence electrons. The Kier molecular flexibility index (Phi) is 5.85. The van der Waals surface area contributed by atoms with E-state index < -0.39 is 15.9 Å². The Morgan fingerprint density at radius 1 is 1.16 bits per heavy atom. The van der Waals surface area contributed by atoms with Crippen molar-refractivity contribution < 1.29 is 13.2 Å². The van der Waals surface area contributed by atoms with Gasteiger partial charge >= 0.3 is 0 Å². The summed E-state index contributed by atoms with van der Waals surface area (Å²) in [5.41, 5.74) is 2.76. The van der Waals surface area contributed by atoms with Crippen molar-refractivity contribution in [3.63, 3.8) is 0 Å². The third kappa shape index (κ3) is 4.43. The normalized spacial score (nSPS) is 15.1. The molecule has 0 aliphatic heterocycles. The number of nitrogens with zero attached hydrogens (tertiary/aromatic N) is 6. The minimum Gasteiger partial charge on any atom is -0.347 e. The molecule has 1 aliphatic rings. The van der Waals surface area contributed by atoms with Gasteiger partial charge in [-0.2, -0.15) is 5.10 Å². The van der Waals surface area contributed by atoms with Gasteiger partial charge in [-0.05, 0) is 31.4 Å². The summed E-state index contributed by atoms with van der Waals surface area (Å²) in [4.78, 5) is 27.8. The van der Waals surface area contributed by atoms with Gasteiger partial charge in [0.25, 0.3) is 5.91 Å². The van der Waals surface area contributed by atoms with Crippen molar-refractivity contribution in [3.8, 4) is 11.1 Å². The van der Waals surface area contributed by atoms with E-state index in [-0.39, 0.29) is 11.7 Å². The maximum absolute atomic E-state index is 12.7. The van der Waals surface area contributed by atoms with E-state index in [1.165, 1.54) is 6.42 Å². The molecule has 32 heavy (non-hydrogen) atoms. The maximum Gasteiger partial charge on any atom is 0.283 e. The van der Waals surface area contributed by atoms with E-state index in [9.17, 15) is 13.2 Å². The molecule has 11 heteroatoms. The van der Waals surface area contributed by atoms with Gasteiger partial charge in [0.2, 0.25) is 16.0 Å². The van der Waals surface area contributed by atoms with Crippen LogP contribution in [-0.2, 0) is 10.0 Å². The summed E-state index contributed by atoms with van der Waals surface area (Å²) < 4.78 is 27.2. The van der Waals surface area contributed by atoms with E-state index in [0.29, 0.717) is 22.7 Å². The summed E-state index contributed by atoms with van der Waals surface area (Å²) >= 11 is 0. The molecular weight excluding hydrogens is 430 g/mol. The average molecular weight is 458 g/mol. The topological polar surface area (TPSA) is 123 Å². The van der Waals surface area contributed by atoms with Crippen LogP contribution >= 0.6 is 0 Å². The van der Waals surface area contributed by atoms with Gasteiger partial charge in [-0.25, -0.2) is 32.8 Å². The van der Waals surface area contributed by atoms with Crippen molar-refractivity contribution in [1.29, 1.82) is 0 Å². The number of carbonyl (C=O) groups is 1. The van der Waals surface area contributed by atoms with Crippen LogP contribution in [0.15, 0.2) is 18.5 Å². The van der Waals surface area contributed by atoms with E-state index in [0.717, 1.165) is 43.0 Å². The molecule has 1 N–H and O–H groups in total. The Morgan fingerprint density at radius 3 is 2.41 bits per heavy atom. The predicted octanol–water partition coefficient (Wildman–Crippen LogP) is 2.46. The molecule has 0 spiro atoms. The number of pyridine rings is 1. The Balaban J connectivity index is 1.92. The first-order valence-corrected chi connectivity index (χ1v) is 12.4. The van der Waals surface area contributed by atoms with Crippen molar-refractivity contribution in [3.05, 3.63) is 29.8 Å². The maximum atomic E-state index is 12.7. The largest absolute Gasteiger partial charge is 0.347 e. The number of hydrogen-bond donors (Lipinski definition) is 1. The van der Waals surface area contributed by atoms with Crippen molar-refractivity contribution >= 4 is 32.9 Å². The quantitative estimate of drug-likeness (QED) is 0.620. The molecule has 3 aromatic heterocycles. The first kappa shape index (κ1) is 22.1. The number of carbonyl (C=O) groups excluding carboxylic acids is 1. The SMILES string of the molecule is Cc1nn(C2CCCCC2)c2nc(C(=O)NS(C)(=O)=O)cc(-c3cnc(N(C)C)nc3)c12. The summed E-state index contributed by atoms with van der Waals surface area (Å²) in [7, 11) is -0.0294. The summed E-state index contributed by atoms with van der Waals surface area (Å²) in [6.07, 6.45) is 9.73. The van der Waals surface area contributed by atoms with Crippen molar-refractivity contribution in [1.82, 2.24) is 29.5 Å². The number of nitrogens with one attached hydrogen (secondary N) is 1. The van der Waals surface area contributed by atoms with Gasteiger partial charge in [0.1, 0.15) is 5.69 Å². The predicted molar refractivity (Wildman–Crippen MR) is 122 cm³/mol. The molecule has 0 unspecified atom stereocenters. The molecule has 4 rings (SSSR count). The first-order chi connectivity index (χ1) is 15.1. The molecule has 1 amide bonds. The second-order valence-corrected chi connectivity index (χ2v) is 10.2. The molecule has 3 heterocycles. The highest BCUT2D eigenvalue weighted by molar-refractivity contribution is 7.89. The molecule has 3 aromatic rings. The van der Waals surface area contributed by atoms with Gasteiger partial charge in [-0.3, -0.25) is 4.79 Å². The van der Waals surface area contributed by atoms with Crippen LogP contribution in [-0.4, -0.2) is 59.4 Å². The van der Waals surface area contributed by atoms with E-state index in [1.54, 1.807) is 23.4 Å². The average Bonchev–Trinajstić information content (AvgIpc) is 3.09. The summed E-state index contributed by atoms with van der Waals surface area (Å²) in [6.45, 7) is 1.91. The number of fused-ring (bicyclic) bond motifs is 1. The fourth-order valence-electron chi connectivity index (χ4n) is 4.15. The standard InChI is InChI=1S/C21H27N7O3S/c1-13-18-16(14-11-22-21(23-12-14)27(2)3)10-17(20(29)26-32(4,30)31)24-19(18)28(25-13)15-8-6-5-7-9-15/h10-12,15H,5-9H2,1-4H3,(H,26,29). The molecule has 0 atom stereocenters. The zero-order chi connectivity index (χ0) is 23.0. The van der Waals surface area contributed by atoms with Gasteiger partial charge in [0.05, 0.1) is 18.0 Å². The Bertz CT molecular complexity index is 1260. The zero-order valence-electron chi connectivity index (χ0n) is 18.7. The van der Waals surface area contributed by atoms with Crippen molar-refractivity contribution in [2.75, 3.05) is 25.3 Å². The summed E-state index contributed by atoms with van der Waals surface area (Å²) in [6, 6.07) is 1.78. The van der Waals surface area contributed by atoms with Crippen molar-refractivity contribution in [2.45, 2.75) is 45.1 Å². The van der Waals surface area contributed by atoms with E-state index >= 15 is 0 Å². The third-order valence-corrected chi connectivity index (χ3v) is 6.17. The van der Waals surface area contributed by atoms with Gasteiger partial charge in [0, 0.05) is 37.4 Å². The Labute approximate surface area is 187 Å². The Morgan fingerprint density at radius 2 is 1.81 bits per heavy atom. The van der Waals surface area contributed by atoms with Crippen LogP contribution in [0.1, 0.15) is 54.3 Å². The van der Waals surface area contributed by atoms with Crippen LogP contribution in [0.3, 0.4) is 0 Å². The highest BCUT2D eigenvalue weighted by Crippen LogP contribution is 2.35. The first-order valence-electron chi connectivity index (χ1n) is 10.6. The molecule has 0 radical (unpaired) electrons. The van der Waals surface area contributed by atoms with Crippen LogP contribution in [0.25, 0.3) is 22.2 Å². The molecule has 0 saturated heterocycles. The van der Waals surface area contributed by atoms with Gasteiger partial charge in [0.15, 0.2) is 5.65 Å². The van der Waals surface area contributed by atoms with Gasteiger partial charge in [-0.15, -0.1) is 0 Å². The molecule has 1 fully saturated rings. The van der Waals surface area contributed by atoms with E-state index in [1.807, 2.05) is 30.4 Å². The lowest BCUT2D eigenvalue weighted by molar-refractivity contribution is 0.0977. The number of amides is 1. The number of hydrogen-bond acceptors (Lipinski definition) is 8. The summed E-state index contributed by atoms with van der Waals surface area (Å²) in [5.74, 6) is -0.223. The monoisotopic (exact) mass is 457 g/mol. The summed E-state index contributed by atoms with van der Waals surface area (Å²) in [5, 5.41) is 5.59. The number of anilines is 1. The van der Waals surface area contributed by atoms with Crippen LogP contribution < -0.4 is 9.62 Å². The lowest BCUT2D eigenvalue weighted by Gasteiger charge is -2.22. The number of sulfonamides is 1. The fourth-order valence-corrected chi connectivity index (χ4v) is 4.59. The number of aromatic nitrogens is 5. The van der Waals surface area contributed by atoms with Crippen LogP contribution in [0.4, 0.5) is 5.95 Å². The minimum absolute atomic E-state index is 0.00608. The van der Waals surface area contributed by atoms with E-state index in [2.05, 4.69) is 15.0 Å². The Hall–Kier alpha value is -3.08. The third-order valence-electron chi connectivity index (χ3n) is 5.62. The van der Waals surface area contributed by atoms with Crippen molar-refractivity contribution in [2.24, 2.45) is 0 Å². The van der Waals surface area contributed by atoms with Crippen LogP contribution in [0.2, 0.25) is 0 Å². The van der Waals surface area contributed by atoms with Gasteiger partial charge < -0.3 is 4.90 Å². The lowest BCUT2D eigenvalue weighted by atomic mass is 9.95. The molecule has 1 aliphatic carbocycles. The molecule has 1 saturated carbocycles. The molecule has 0 aromatic carbocycles. The minimum atomic E-state index is -3.73. The fraction of sp³-hybridized carbons (Fsp3) is 0.476. The zero-order valence-corrected chi connectivity index (χ0v) is 19.5. The smallest absolute Gasteiger partial charge is 0.283 e. The lowest BCUT2D eigenvalue weighted by Crippen LogP contribution is -2.30. The van der Waals surface area contributed by atoms with Crippen LogP contribution in [0.5, 0.6) is 0 Å². The molecule has 10 nitrogen and oxygen atoms in total. The highest BCUT2D eigenvalue weighted by Gasteiger charge is 2.25. The number of aryl methyl sites for hydroxylation is 1. The van der Waals surface area contributed by atoms with E-state index in [4.69, 9.17) is 5.10 Å². The second kappa shape index (κ2) is 8.45. The molecular formula is C21H27N7O3S. The van der Waals surface area contributed by atoms with Crippen LogP contribution in [0, 0.1) is 6.92 Å². The highest BCUT2D eigenvalue weighted by atomic mass is 32.2. The van der Waals surface area contributed by atoms with Gasteiger partial charge in [-0.1, -0.05) is 19.3 Å². The number of rotatable bonds is 5. The second-order valence-electron chi connectivity index (χ2n) is 8.44. The molecule has 0 bridgehead atoms.